The first-order valence-corrected chi connectivity index (χ1v) is 10.2. The summed E-state index contributed by atoms with van der Waals surface area (Å²) < 4.78 is 0. The van der Waals surface area contributed by atoms with Gasteiger partial charge >= 0.3 is 0 Å². The molecule has 1 aromatic rings. The van der Waals surface area contributed by atoms with Crippen LogP contribution in [-0.2, 0) is 12.8 Å². The minimum atomic E-state index is 0.119. The highest BCUT2D eigenvalue weighted by molar-refractivity contribution is 5.68. The molecule has 0 fully saturated rings. The lowest BCUT2D eigenvalue weighted by atomic mass is 9.90. The van der Waals surface area contributed by atoms with Gasteiger partial charge in [0, 0.05) is 18.8 Å². The van der Waals surface area contributed by atoms with E-state index >= 15 is 0 Å². The maximum absolute atomic E-state index is 8.78. The second-order valence-electron chi connectivity index (χ2n) is 7.70. The van der Waals surface area contributed by atoms with Crippen molar-refractivity contribution in [3.8, 4) is 12.1 Å². The lowest BCUT2D eigenvalue weighted by molar-refractivity contribution is 0.634. The Bertz CT molecular complexity index is 956. The molecule has 146 valence electrons. The highest BCUT2D eigenvalue weighted by Gasteiger charge is 2.23. The third kappa shape index (κ3) is 5.37. The minimum absolute atomic E-state index is 0.119. The highest BCUT2D eigenvalue weighted by Crippen LogP contribution is 2.36. The maximum atomic E-state index is 8.78. The zero-order chi connectivity index (χ0) is 20.6. The number of anilines is 1. The molecule has 3 nitrogen and oxygen atoms in total. The fourth-order valence-corrected chi connectivity index (χ4v) is 3.99. The molecule has 0 N–H and O–H groups in total. The van der Waals surface area contributed by atoms with Crippen LogP contribution in [0.5, 0.6) is 0 Å². The SMILES string of the molecule is C\C(C=C(C#N)C#N)=C/C=C/C=C(C)/C=C/c1cc2c3c(c1)CCCN3CCC2. The van der Waals surface area contributed by atoms with Gasteiger partial charge in [0.1, 0.15) is 17.7 Å². The Hall–Kier alpha value is -3.30. The van der Waals surface area contributed by atoms with Gasteiger partial charge in [-0.1, -0.05) is 42.0 Å². The number of allylic oxidation sites excluding steroid dienone is 9. The monoisotopic (exact) mass is 381 g/mol. The number of hydrogen-bond donors (Lipinski definition) is 0. The summed E-state index contributed by atoms with van der Waals surface area (Å²) in [4.78, 5) is 2.57. The van der Waals surface area contributed by atoms with E-state index in [9.17, 15) is 0 Å². The average Bonchev–Trinajstić information content (AvgIpc) is 2.74. The predicted molar refractivity (Wildman–Crippen MR) is 120 cm³/mol. The Morgan fingerprint density at radius 3 is 2.10 bits per heavy atom. The minimum Gasteiger partial charge on any atom is -0.371 e. The lowest BCUT2D eigenvalue weighted by Crippen LogP contribution is -2.34. The molecule has 2 aliphatic rings. The van der Waals surface area contributed by atoms with E-state index < -0.39 is 0 Å². The first kappa shape index (κ1) is 20.4. The van der Waals surface area contributed by atoms with E-state index in [2.05, 4.69) is 42.2 Å². The fraction of sp³-hybridized carbons (Fsp3) is 0.308. The highest BCUT2D eigenvalue weighted by atomic mass is 15.1. The van der Waals surface area contributed by atoms with E-state index in [1.54, 1.807) is 6.08 Å². The van der Waals surface area contributed by atoms with Crippen LogP contribution in [-0.4, -0.2) is 13.1 Å². The average molecular weight is 382 g/mol. The van der Waals surface area contributed by atoms with Crippen molar-refractivity contribution in [3.05, 3.63) is 82.0 Å². The van der Waals surface area contributed by atoms with Gasteiger partial charge in [0.25, 0.3) is 0 Å². The smallest absolute Gasteiger partial charge is 0.129 e. The maximum Gasteiger partial charge on any atom is 0.129 e. The summed E-state index contributed by atoms with van der Waals surface area (Å²) in [5.41, 5.74) is 8.00. The molecule has 0 bridgehead atoms. The molecule has 0 radical (unpaired) electrons. The van der Waals surface area contributed by atoms with Gasteiger partial charge in [-0.3, -0.25) is 0 Å². The first-order chi connectivity index (χ1) is 14.1. The number of hydrogen-bond acceptors (Lipinski definition) is 3. The van der Waals surface area contributed by atoms with E-state index in [1.165, 1.54) is 66.7 Å². The van der Waals surface area contributed by atoms with Gasteiger partial charge in [0.2, 0.25) is 0 Å². The zero-order valence-corrected chi connectivity index (χ0v) is 17.3. The molecule has 0 atom stereocenters. The Labute approximate surface area is 174 Å². The van der Waals surface area contributed by atoms with E-state index in [-0.39, 0.29) is 5.57 Å². The van der Waals surface area contributed by atoms with Crippen LogP contribution in [0, 0.1) is 22.7 Å². The van der Waals surface area contributed by atoms with Crippen LogP contribution in [0.25, 0.3) is 6.08 Å². The van der Waals surface area contributed by atoms with Gasteiger partial charge in [-0.25, -0.2) is 0 Å². The molecule has 0 spiro atoms. The van der Waals surface area contributed by atoms with Gasteiger partial charge in [-0.05, 0) is 80.0 Å². The van der Waals surface area contributed by atoms with Gasteiger partial charge in [-0.2, -0.15) is 10.5 Å². The molecule has 0 aliphatic carbocycles. The van der Waals surface area contributed by atoms with Gasteiger partial charge in [0.15, 0.2) is 0 Å². The molecule has 0 saturated carbocycles. The number of rotatable bonds is 5. The molecule has 0 amide bonds. The first-order valence-electron chi connectivity index (χ1n) is 10.2. The molecule has 29 heavy (non-hydrogen) atoms. The Kier molecular flexibility index (Phi) is 6.88. The second-order valence-corrected chi connectivity index (χ2v) is 7.70. The van der Waals surface area contributed by atoms with Crippen LogP contribution in [0.1, 0.15) is 43.4 Å². The van der Waals surface area contributed by atoms with Crippen LogP contribution in [0.2, 0.25) is 0 Å². The van der Waals surface area contributed by atoms with Crippen LogP contribution >= 0.6 is 0 Å². The predicted octanol–water partition coefficient (Wildman–Crippen LogP) is 5.82. The molecule has 0 saturated heterocycles. The molecule has 3 rings (SSSR count). The van der Waals surface area contributed by atoms with Crippen molar-refractivity contribution in [2.45, 2.75) is 39.5 Å². The fourth-order valence-electron chi connectivity index (χ4n) is 3.99. The van der Waals surface area contributed by atoms with E-state index in [0.29, 0.717) is 0 Å². The summed E-state index contributed by atoms with van der Waals surface area (Å²) in [5, 5.41) is 17.6. The molecule has 1 aromatic carbocycles. The molecule has 2 aliphatic heterocycles. The summed E-state index contributed by atoms with van der Waals surface area (Å²) in [7, 11) is 0. The molecule has 0 aromatic heterocycles. The topological polar surface area (TPSA) is 50.8 Å². The van der Waals surface area contributed by atoms with Crippen LogP contribution in [0.4, 0.5) is 5.69 Å². The third-order valence-corrected chi connectivity index (χ3v) is 5.34. The molecule has 0 unspecified atom stereocenters. The summed E-state index contributed by atoms with van der Waals surface area (Å²) in [5.74, 6) is 0. The largest absolute Gasteiger partial charge is 0.371 e. The van der Waals surface area contributed by atoms with E-state index in [0.717, 1.165) is 5.57 Å². The Morgan fingerprint density at radius 1 is 0.931 bits per heavy atom. The van der Waals surface area contributed by atoms with Gasteiger partial charge < -0.3 is 4.90 Å². The van der Waals surface area contributed by atoms with Crippen LogP contribution < -0.4 is 4.90 Å². The van der Waals surface area contributed by atoms with E-state index in [4.69, 9.17) is 10.5 Å². The summed E-state index contributed by atoms with van der Waals surface area (Å²) >= 11 is 0. The zero-order valence-electron chi connectivity index (χ0n) is 17.3. The molecular weight excluding hydrogens is 354 g/mol. The normalized spacial score (nSPS) is 16.5. The second kappa shape index (κ2) is 9.76. The van der Waals surface area contributed by atoms with Crippen molar-refractivity contribution >= 4 is 11.8 Å². The lowest BCUT2D eigenvalue weighted by Gasteiger charge is -2.37. The van der Waals surface area contributed by atoms with Crippen molar-refractivity contribution in [1.29, 1.82) is 10.5 Å². The summed E-state index contributed by atoms with van der Waals surface area (Å²) in [6.07, 6.45) is 18.7. The number of aryl methyl sites for hydroxylation is 2. The number of benzene rings is 1. The summed E-state index contributed by atoms with van der Waals surface area (Å²) in [6, 6.07) is 8.45. The van der Waals surface area contributed by atoms with Gasteiger partial charge in [0.05, 0.1) is 0 Å². The van der Waals surface area contributed by atoms with Crippen molar-refractivity contribution in [2.75, 3.05) is 18.0 Å². The molecular formula is C26H27N3. The van der Waals surface area contributed by atoms with Crippen LogP contribution in [0.15, 0.2) is 65.3 Å². The summed E-state index contributed by atoms with van der Waals surface area (Å²) in [6.45, 7) is 6.38. The third-order valence-electron chi connectivity index (χ3n) is 5.34. The standard InChI is InChI=1S/C26H27N3/c1-20(7-3-4-8-21(2)15-23(18-27)19-28)11-12-22-16-24-9-5-13-29-14-6-10-25(17-22)26(24)29/h3-4,7-8,11-12,15-17H,5-6,9-10,13-14H2,1-2H3/b4-3+,12-11+,20-7+,21-8+. The van der Waals surface area contributed by atoms with E-state index in [1.807, 2.05) is 37.3 Å². The van der Waals surface area contributed by atoms with Crippen molar-refractivity contribution < 1.29 is 0 Å². The quantitative estimate of drug-likeness (QED) is 0.477. The van der Waals surface area contributed by atoms with Crippen molar-refractivity contribution in [3.63, 3.8) is 0 Å². The molecule has 2 heterocycles. The van der Waals surface area contributed by atoms with Crippen molar-refractivity contribution in [1.82, 2.24) is 0 Å². The molecule has 3 heteroatoms. The van der Waals surface area contributed by atoms with Crippen LogP contribution in [0.3, 0.4) is 0 Å². The van der Waals surface area contributed by atoms with Crippen molar-refractivity contribution in [2.24, 2.45) is 0 Å². The Balaban J connectivity index is 1.68. The Morgan fingerprint density at radius 2 is 1.52 bits per heavy atom. The number of nitriles is 2. The van der Waals surface area contributed by atoms with Gasteiger partial charge in [-0.15, -0.1) is 0 Å². The number of nitrogens with zero attached hydrogens (tertiary/aromatic N) is 3.